The molecule has 0 aliphatic carbocycles. The van der Waals surface area contributed by atoms with Crippen molar-refractivity contribution >= 4 is 18.3 Å². The predicted molar refractivity (Wildman–Crippen MR) is 51.0 cm³/mol. The van der Waals surface area contributed by atoms with E-state index in [-0.39, 0.29) is 6.10 Å². The summed E-state index contributed by atoms with van der Waals surface area (Å²) in [7, 11) is 0. The molecular weight excluding hydrogens is 172 g/mol. The second-order valence-electron chi connectivity index (χ2n) is 3.56. The van der Waals surface area contributed by atoms with E-state index in [1.165, 1.54) is 18.5 Å². The molecule has 2 nitrogen and oxygen atoms in total. The molecule has 0 spiro atoms. The Bertz CT molecular complexity index is 147. The van der Waals surface area contributed by atoms with Gasteiger partial charge in [0.1, 0.15) is 6.29 Å². The quantitative estimate of drug-likeness (QED) is 0.502. The highest BCUT2D eigenvalue weighted by Gasteiger charge is 2.28. The third-order valence-corrected chi connectivity index (χ3v) is 3.17. The smallest absolute Gasteiger partial charge is 0.122 e. The van der Waals surface area contributed by atoms with Crippen LogP contribution in [0.5, 0.6) is 0 Å². The van der Waals surface area contributed by atoms with E-state index in [1.807, 2.05) is 0 Å². The van der Waals surface area contributed by atoms with Crippen LogP contribution in [0.4, 0.5) is 0 Å². The first-order valence-corrected chi connectivity index (χ1v) is 5.38. The van der Waals surface area contributed by atoms with Crippen LogP contribution < -0.4 is 0 Å². The highest BCUT2D eigenvalue weighted by atomic mass is 32.2. The van der Waals surface area contributed by atoms with Crippen molar-refractivity contribution in [1.29, 1.82) is 0 Å². The van der Waals surface area contributed by atoms with Crippen molar-refractivity contribution in [2.45, 2.75) is 32.8 Å². The Morgan fingerprint density at radius 3 is 3.00 bits per heavy atom. The Balaban J connectivity index is 2.47. The van der Waals surface area contributed by atoms with Gasteiger partial charge in [0.15, 0.2) is 0 Å². The van der Waals surface area contributed by atoms with E-state index in [2.05, 4.69) is 13.8 Å². The molecule has 1 saturated heterocycles. The zero-order valence-electron chi connectivity index (χ0n) is 7.66. The molecule has 12 heavy (non-hydrogen) atoms. The number of hydrogen-bond donors (Lipinski definition) is 0. The van der Waals surface area contributed by atoms with Crippen LogP contribution in [0.25, 0.3) is 0 Å². The normalized spacial score (nSPS) is 30.6. The van der Waals surface area contributed by atoms with Gasteiger partial charge in [0.25, 0.3) is 0 Å². The molecular formula is C9H16O2S. The fourth-order valence-electron chi connectivity index (χ4n) is 1.65. The summed E-state index contributed by atoms with van der Waals surface area (Å²) in [6.45, 7) is 4.39. The average Bonchev–Trinajstić information content (AvgIpc) is 2.05. The Morgan fingerprint density at radius 1 is 1.67 bits per heavy atom. The molecule has 1 heterocycles. The second-order valence-corrected chi connectivity index (χ2v) is 4.39. The van der Waals surface area contributed by atoms with E-state index in [1.54, 1.807) is 0 Å². The molecule has 0 amide bonds. The minimum absolute atomic E-state index is 0.154. The van der Waals surface area contributed by atoms with Crippen molar-refractivity contribution in [3.8, 4) is 0 Å². The SMILES string of the molecule is CC(C)C1CCSOC1CC=O. The monoisotopic (exact) mass is 188 g/mol. The van der Waals surface area contributed by atoms with Gasteiger partial charge in [-0.2, -0.15) is 0 Å². The molecule has 0 aromatic heterocycles. The van der Waals surface area contributed by atoms with Crippen LogP contribution in [0.3, 0.4) is 0 Å². The highest BCUT2D eigenvalue weighted by molar-refractivity contribution is 7.94. The first-order chi connectivity index (χ1) is 5.75. The third-order valence-electron chi connectivity index (χ3n) is 2.39. The summed E-state index contributed by atoms with van der Waals surface area (Å²) in [6.07, 6.45) is 2.85. The van der Waals surface area contributed by atoms with Crippen LogP contribution in [0.2, 0.25) is 0 Å². The van der Waals surface area contributed by atoms with Crippen LogP contribution in [0.15, 0.2) is 0 Å². The maximum Gasteiger partial charge on any atom is 0.122 e. The topological polar surface area (TPSA) is 26.3 Å². The molecule has 1 rings (SSSR count). The van der Waals surface area contributed by atoms with Crippen LogP contribution >= 0.6 is 12.0 Å². The van der Waals surface area contributed by atoms with Gasteiger partial charge in [-0.15, -0.1) is 0 Å². The standard InChI is InChI=1S/C9H16O2S/c1-7(2)8-4-6-12-11-9(8)3-5-10/h5,7-9H,3-4,6H2,1-2H3. The zero-order chi connectivity index (χ0) is 8.97. The van der Waals surface area contributed by atoms with Crippen molar-refractivity contribution < 1.29 is 8.98 Å². The van der Waals surface area contributed by atoms with Crippen molar-refractivity contribution in [2.75, 3.05) is 5.75 Å². The van der Waals surface area contributed by atoms with E-state index >= 15 is 0 Å². The van der Waals surface area contributed by atoms with Gasteiger partial charge in [0.2, 0.25) is 0 Å². The summed E-state index contributed by atoms with van der Waals surface area (Å²) in [4.78, 5) is 10.4. The van der Waals surface area contributed by atoms with Crippen molar-refractivity contribution in [3.05, 3.63) is 0 Å². The molecule has 0 aromatic carbocycles. The summed E-state index contributed by atoms with van der Waals surface area (Å²) in [6, 6.07) is 0. The van der Waals surface area contributed by atoms with Gasteiger partial charge in [-0.3, -0.25) is 0 Å². The number of rotatable bonds is 3. The Hall–Kier alpha value is -0.0200. The minimum atomic E-state index is 0.154. The molecule has 0 N–H and O–H groups in total. The van der Waals surface area contributed by atoms with E-state index in [4.69, 9.17) is 4.18 Å². The van der Waals surface area contributed by atoms with Gasteiger partial charge in [-0.05, 0) is 30.3 Å². The van der Waals surface area contributed by atoms with Crippen molar-refractivity contribution in [3.63, 3.8) is 0 Å². The van der Waals surface area contributed by atoms with Crippen molar-refractivity contribution in [1.82, 2.24) is 0 Å². The molecule has 0 saturated carbocycles. The van der Waals surface area contributed by atoms with E-state index < -0.39 is 0 Å². The first-order valence-electron chi connectivity index (χ1n) is 4.47. The predicted octanol–water partition coefficient (Wildman–Crippen LogP) is 2.28. The number of carbonyl (C=O) groups excluding carboxylic acids is 1. The van der Waals surface area contributed by atoms with Gasteiger partial charge in [0.05, 0.1) is 6.10 Å². The lowest BCUT2D eigenvalue weighted by atomic mass is 9.86. The fraction of sp³-hybridized carbons (Fsp3) is 0.889. The van der Waals surface area contributed by atoms with Crippen LogP contribution in [-0.4, -0.2) is 18.1 Å². The largest absolute Gasteiger partial charge is 0.311 e. The zero-order valence-corrected chi connectivity index (χ0v) is 8.47. The molecule has 0 bridgehead atoms. The average molecular weight is 188 g/mol. The summed E-state index contributed by atoms with van der Waals surface area (Å²) < 4.78 is 5.48. The lowest BCUT2D eigenvalue weighted by Gasteiger charge is -2.32. The second kappa shape index (κ2) is 4.87. The minimum Gasteiger partial charge on any atom is -0.311 e. The first kappa shape index (κ1) is 10.1. The molecule has 70 valence electrons. The van der Waals surface area contributed by atoms with E-state index in [9.17, 15) is 4.79 Å². The molecule has 0 aromatic rings. The number of carbonyl (C=O) groups is 1. The summed E-state index contributed by atoms with van der Waals surface area (Å²) in [5.41, 5.74) is 0. The van der Waals surface area contributed by atoms with Crippen LogP contribution in [0.1, 0.15) is 26.7 Å². The summed E-state index contributed by atoms with van der Waals surface area (Å²) in [5.74, 6) is 2.25. The molecule has 1 fully saturated rings. The van der Waals surface area contributed by atoms with Crippen LogP contribution in [0, 0.1) is 11.8 Å². The Labute approximate surface area is 78.3 Å². The van der Waals surface area contributed by atoms with Gasteiger partial charge in [-0.25, -0.2) is 0 Å². The molecule has 1 aliphatic rings. The lowest BCUT2D eigenvalue weighted by molar-refractivity contribution is -0.109. The Morgan fingerprint density at radius 2 is 2.42 bits per heavy atom. The van der Waals surface area contributed by atoms with Gasteiger partial charge in [-0.1, -0.05) is 13.8 Å². The van der Waals surface area contributed by atoms with Gasteiger partial charge < -0.3 is 8.98 Å². The number of aldehydes is 1. The lowest BCUT2D eigenvalue weighted by Crippen LogP contribution is -2.30. The fourth-order valence-corrected chi connectivity index (χ4v) is 2.51. The van der Waals surface area contributed by atoms with Crippen LogP contribution in [-0.2, 0) is 8.98 Å². The van der Waals surface area contributed by atoms with Crippen molar-refractivity contribution in [2.24, 2.45) is 11.8 Å². The maximum atomic E-state index is 10.4. The highest BCUT2D eigenvalue weighted by Crippen LogP contribution is 2.32. The molecule has 3 heteroatoms. The van der Waals surface area contributed by atoms with E-state index in [0.29, 0.717) is 18.3 Å². The molecule has 2 unspecified atom stereocenters. The maximum absolute atomic E-state index is 10.4. The summed E-state index contributed by atoms with van der Waals surface area (Å²) in [5, 5.41) is 0. The molecule has 2 atom stereocenters. The molecule has 1 aliphatic heterocycles. The van der Waals surface area contributed by atoms with Gasteiger partial charge in [0, 0.05) is 12.2 Å². The van der Waals surface area contributed by atoms with Gasteiger partial charge >= 0.3 is 0 Å². The number of hydrogen-bond acceptors (Lipinski definition) is 3. The third kappa shape index (κ3) is 2.49. The Kier molecular flexibility index (Phi) is 4.09. The molecule has 0 radical (unpaired) electrons. The summed E-state index contributed by atoms with van der Waals surface area (Å²) >= 11 is 1.51. The van der Waals surface area contributed by atoms with E-state index in [0.717, 1.165) is 12.0 Å².